The fourth-order valence-electron chi connectivity index (χ4n) is 3.50. The summed E-state index contributed by atoms with van der Waals surface area (Å²) in [6.07, 6.45) is 1.98. The van der Waals surface area contributed by atoms with Gasteiger partial charge in [-0.05, 0) is 41.4 Å². The minimum Gasteiger partial charge on any atom is -0.322 e. The summed E-state index contributed by atoms with van der Waals surface area (Å²) >= 11 is 3.40. The summed E-state index contributed by atoms with van der Waals surface area (Å²) in [6, 6.07) is 8.73. The van der Waals surface area contributed by atoms with Gasteiger partial charge in [0.25, 0.3) is 5.56 Å². The molecule has 1 N–H and O–H groups in total. The van der Waals surface area contributed by atoms with E-state index in [1.807, 2.05) is 38.1 Å². The molecular formula is C21H20BrN5O3. The Morgan fingerprint density at radius 3 is 2.63 bits per heavy atom. The second kappa shape index (κ2) is 7.56. The zero-order valence-corrected chi connectivity index (χ0v) is 18.4. The number of aromatic amines is 1. The summed E-state index contributed by atoms with van der Waals surface area (Å²) in [4.78, 5) is 45.6. The van der Waals surface area contributed by atoms with Gasteiger partial charge in [0.15, 0.2) is 15.9 Å². The van der Waals surface area contributed by atoms with Crippen LogP contribution in [-0.4, -0.2) is 23.7 Å². The van der Waals surface area contributed by atoms with Crippen molar-refractivity contribution in [3.63, 3.8) is 0 Å². The van der Waals surface area contributed by atoms with Crippen LogP contribution in [0.4, 0.5) is 0 Å². The number of nitrogens with one attached hydrogen (secondary N) is 1. The van der Waals surface area contributed by atoms with E-state index < -0.39 is 11.2 Å². The number of H-pyrrole nitrogens is 1. The molecule has 1 aromatic carbocycles. The van der Waals surface area contributed by atoms with Gasteiger partial charge in [0.1, 0.15) is 0 Å². The summed E-state index contributed by atoms with van der Waals surface area (Å²) in [7, 11) is 1.58. The SMILES string of the molecule is CC(C)=CCn1c(Br)nc2c1c(=O)n(Cc1cc(=O)[nH]c3ccccc13)c(=O)n2C. The van der Waals surface area contributed by atoms with Gasteiger partial charge in [-0.2, -0.15) is 0 Å². The highest BCUT2D eigenvalue weighted by Gasteiger charge is 2.19. The molecule has 3 aromatic heterocycles. The second-order valence-electron chi connectivity index (χ2n) is 7.38. The molecule has 0 aliphatic heterocycles. The van der Waals surface area contributed by atoms with Crippen LogP contribution >= 0.6 is 15.9 Å². The summed E-state index contributed by atoms with van der Waals surface area (Å²) < 4.78 is 4.71. The normalized spacial score (nSPS) is 11.3. The van der Waals surface area contributed by atoms with Crippen molar-refractivity contribution in [1.82, 2.24) is 23.7 Å². The molecule has 4 rings (SSSR count). The Kier molecular flexibility index (Phi) is 5.07. The van der Waals surface area contributed by atoms with Gasteiger partial charge in [-0.25, -0.2) is 9.78 Å². The van der Waals surface area contributed by atoms with Gasteiger partial charge < -0.3 is 9.55 Å². The van der Waals surface area contributed by atoms with Crippen LogP contribution in [0.3, 0.4) is 0 Å². The summed E-state index contributed by atoms with van der Waals surface area (Å²) in [6.45, 7) is 4.37. The maximum atomic E-state index is 13.4. The quantitative estimate of drug-likeness (QED) is 0.366. The first-order chi connectivity index (χ1) is 14.3. The zero-order chi connectivity index (χ0) is 21.6. The molecule has 30 heavy (non-hydrogen) atoms. The molecule has 0 saturated carbocycles. The first-order valence-electron chi connectivity index (χ1n) is 9.38. The molecule has 0 spiro atoms. The van der Waals surface area contributed by atoms with Gasteiger partial charge in [0.2, 0.25) is 5.56 Å². The summed E-state index contributed by atoms with van der Waals surface area (Å²) in [5, 5.41) is 0.783. The third kappa shape index (κ3) is 3.35. The van der Waals surface area contributed by atoms with Crippen LogP contribution in [-0.2, 0) is 20.1 Å². The molecule has 3 heterocycles. The Bertz CT molecular complexity index is 1500. The van der Waals surface area contributed by atoms with E-state index in [1.165, 1.54) is 10.6 Å². The third-order valence-electron chi connectivity index (χ3n) is 5.03. The number of benzene rings is 1. The molecule has 0 unspecified atom stereocenters. The van der Waals surface area contributed by atoms with Crippen molar-refractivity contribution in [1.29, 1.82) is 0 Å². The van der Waals surface area contributed by atoms with Crippen LogP contribution in [0.15, 0.2) is 61.1 Å². The van der Waals surface area contributed by atoms with E-state index in [0.717, 1.165) is 15.5 Å². The lowest BCUT2D eigenvalue weighted by molar-refractivity contribution is 0.655. The van der Waals surface area contributed by atoms with E-state index in [0.29, 0.717) is 33.5 Å². The average Bonchev–Trinajstić information content (AvgIpc) is 3.04. The second-order valence-corrected chi connectivity index (χ2v) is 8.09. The Balaban J connectivity index is 1.98. The number of aromatic nitrogens is 5. The number of rotatable bonds is 4. The molecule has 0 fully saturated rings. The highest BCUT2D eigenvalue weighted by molar-refractivity contribution is 9.10. The van der Waals surface area contributed by atoms with E-state index in [1.54, 1.807) is 17.7 Å². The molecule has 0 amide bonds. The first-order valence-corrected chi connectivity index (χ1v) is 10.2. The molecule has 154 valence electrons. The molecule has 8 nitrogen and oxygen atoms in total. The largest absolute Gasteiger partial charge is 0.332 e. The molecule has 9 heteroatoms. The third-order valence-corrected chi connectivity index (χ3v) is 5.64. The minimum atomic E-state index is -0.490. The Hall–Kier alpha value is -3.20. The number of imidazole rings is 1. The van der Waals surface area contributed by atoms with Gasteiger partial charge in [-0.15, -0.1) is 0 Å². The number of nitrogens with zero attached hydrogens (tertiary/aromatic N) is 4. The van der Waals surface area contributed by atoms with Crippen molar-refractivity contribution in [2.75, 3.05) is 0 Å². The van der Waals surface area contributed by atoms with Crippen LogP contribution < -0.4 is 16.8 Å². The number of allylic oxidation sites excluding steroid dienone is 2. The van der Waals surface area contributed by atoms with E-state index >= 15 is 0 Å². The molecule has 0 aliphatic carbocycles. The number of aryl methyl sites for hydroxylation is 1. The van der Waals surface area contributed by atoms with Crippen LogP contribution in [0.1, 0.15) is 19.4 Å². The van der Waals surface area contributed by atoms with Gasteiger partial charge in [-0.1, -0.05) is 29.8 Å². The van der Waals surface area contributed by atoms with Gasteiger partial charge in [0.05, 0.1) is 6.54 Å². The number of hydrogen-bond donors (Lipinski definition) is 1. The molecule has 0 radical (unpaired) electrons. The van der Waals surface area contributed by atoms with E-state index in [9.17, 15) is 14.4 Å². The molecule has 0 saturated heterocycles. The lowest BCUT2D eigenvalue weighted by Crippen LogP contribution is -2.40. The van der Waals surface area contributed by atoms with Crippen molar-refractivity contribution in [2.45, 2.75) is 26.9 Å². The van der Waals surface area contributed by atoms with Crippen LogP contribution in [0.2, 0.25) is 0 Å². The summed E-state index contributed by atoms with van der Waals surface area (Å²) in [5.41, 5.74) is 1.77. The maximum Gasteiger partial charge on any atom is 0.332 e. The number of hydrogen-bond acceptors (Lipinski definition) is 4. The Morgan fingerprint density at radius 2 is 1.90 bits per heavy atom. The first kappa shape index (κ1) is 20.1. The van der Waals surface area contributed by atoms with Crippen LogP contribution in [0.5, 0.6) is 0 Å². The topological polar surface area (TPSA) is 94.7 Å². The predicted octanol–water partition coefficient (Wildman–Crippen LogP) is 2.52. The standard InChI is InChI=1S/C21H20BrN5O3/c1-12(2)8-9-26-17-18(24-20(26)22)25(3)21(30)27(19(17)29)11-13-10-16(28)23-15-7-5-4-6-14(13)15/h4-8,10H,9,11H2,1-3H3,(H,23,28). The lowest BCUT2D eigenvalue weighted by Gasteiger charge is -2.11. The highest BCUT2D eigenvalue weighted by Crippen LogP contribution is 2.18. The molecule has 4 aromatic rings. The molecule has 0 bridgehead atoms. The van der Waals surface area contributed by atoms with Crippen LogP contribution in [0, 0.1) is 0 Å². The van der Waals surface area contributed by atoms with Crippen molar-refractivity contribution < 1.29 is 0 Å². The molecular weight excluding hydrogens is 450 g/mol. The fourth-order valence-corrected chi connectivity index (χ4v) is 3.99. The number of para-hydroxylation sites is 1. The van der Waals surface area contributed by atoms with Crippen molar-refractivity contribution in [3.05, 3.63) is 83.5 Å². The zero-order valence-electron chi connectivity index (χ0n) is 16.8. The predicted molar refractivity (Wildman–Crippen MR) is 120 cm³/mol. The fraction of sp³-hybridized carbons (Fsp3) is 0.238. The van der Waals surface area contributed by atoms with E-state index in [2.05, 4.69) is 25.9 Å². The number of halogens is 1. The lowest BCUT2D eigenvalue weighted by atomic mass is 10.1. The number of pyridine rings is 1. The monoisotopic (exact) mass is 469 g/mol. The Labute approximate surface area is 179 Å². The summed E-state index contributed by atoms with van der Waals surface area (Å²) in [5.74, 6) is 0. The number of fused-ring (bicyclic) bond motifs is 2. The van der Waals surface area contributed by atoms with Crippen molar-refractivity contribution in [3.8, 4) is 0 Å². The average molecular weight is 470 g/mol. The van der Waals surface area contributed by atoms with Crippen molar-refractivity contribution >= 4 is 38.0 Å². The molecule has 0 aliphatic rings. The minimum absolute atomic E-state index is 0.0165. The molecule has 0 atom stereocenters. The van der Waals surface area contributed by atoms with Crippen LogP contribution in [0.25, 0.3) is 22.1 Å². The Morgan fingerprint density at radius 1 is 1.17 bits per heavy atom. The van der Waals surface area contributed by atoms with Gasteiger partial charge in [-0.3, -0.25) is 18.7 Å². The van der Waals surface area contributed by atoms with E-state index in [-0.39, 0.29) is 12.1 Å². The van der Waals surface area contributed by atoms with Gasteiger partial charge >= 0.3 is 5.69 Å². The highest BCUT2D eigenvalue weighted by atomic mass is 79.9. The maximum absolute atomic E-state index is 13.4. The smallest absolute Gasteiger partial charge is 0.322 e. The van der Waals surface area contributed by atoms with Crippen molar-refractivity contribution in [2.24, 2.45) is 7.05 Å². The van der Waals surface area contributed by atoms with E-state index in [4.69, 9.17) is 0 Å². The van der Waals surface area contributed by atoms with Gasteiger partial charge in [0, 0.05) is 30.6 Å².